The minimum atomic E-state index is -0.958. The van der Waals surface area contributed by atoms with E-state index in [2.05, 4.69) is 4.98 Å². The first kappa shape index (κ1) is 12.7. The van der Waals surface area contributed by atoms with Crippen molar-refractivity contribution in [3.05, 3.63) is 58.9 Å². The van der Waals surface area contributed by atoms with Crippen LogP contribution in [-0.4, -0.2) is 20.6 Å². The van der Waals surface area contributed by atoms with Gasteiger partial charge >= 0.3 is 5.97 Å². The zero-order valence-corrected chi connectivity index (χ0v) is 11.4. The van der Waals surface area contributed by atoms with Gasteiger partial charge in [0, 0.05) is 5.02 Å². The SMILES string of the molecule is Cc1ccc(Cl)cc1-n1cnc2cc(C(=O)O)ccc21. The standard InChI is InChI=1S/C15H11ClN2O2/c1-9-2-4-11(16)7-14(9)18-8-17-12-6-10(15(19)20)3-5-13(12)18/h2-8H,1H3,(H,19,20). The van der Waals surface area contributed by atoms with Gasteiger partial charge in [0.25, 0.3) is 0 Å². The van der Waals surface area contributed by atoms with Crippen molar-refractivity contribution in [3.8, 4) is 5.69 Å². The molecule has 4 nitrogen and oxygen atoms in total. The predicted octanol–water partition coefficient (Wildman–Crippen LogP) is 3.69. The molecule has 1 heterocycles. The Balaban J connectivity index is 2.22. The number of nitrogens with zero attached hydrogens (tertiary/aromatic N) is 2. The number of aryl methyl sites for hydroxylation is 1. The van der Waals surface area contributed by atoms with Crippen LogP contribution < -0.4 is 0 Å². The zero-order valence-electron chi connectivity index (χ0n) is 10.7. The molecule has 3 rings (SSSR count). The number of rotatable bonds is 2. The van der Waals surface area contributed by atoms with Crippen molar-refractivity contribution in [1.82, 2.24) is 9.55 Å². The van der Waals surface area contributed by atoms with Crippen LogP contribution in [0, 0.1) is 6.92 Å². The van der Waals surface area contributed by atoms with Crippen molar-refractivity contribution >= 4 is 28.6 Å². The number of aromatic carboxylic acids is 1. The van der Waals surface area contributed by atoms with Gasteiger partial charge in [0.05, 0.1) is 22.3 Å². The Hall–Kier alpha value is -2.33. The Morgan fingerprint density at radius 2 is 2.05 bits per heavy atom. The molecule has 20 heavy (non-hydrogen) atoms. The molecule has 100 valence electrons. The average molecular weight is 287 g/mol. The van der Waals surface area contributed by atoms with Crippen molar-refractivity contribution in [2.75, 3.05) is 0 Å². The van der Waals surface area contributed by atoms with Gasteiger partial charge in [0.1, 0.15) is 6.33 Å². The van der Waals surface area contributed by atoms with Crippen LogP contribution >= 0.6 is 11.6 Å². The van der Waals surface area contributed by atoms with Gasteiger partial charge in [0.2, 0.25) is 0 Å². The molecule has 0 fully saturated rings. The summed E-state index contributed by atoms with van der Waals surface area (Å²) in [4.78, 5) is 15.2. The normalized spacial score (nSPS) is 10.9. The second kappa shape index (κ2) is 4.65. The molecule has 0 bridgehead atoms. The third kappa shape index (κ3) is 2.04. The first-order valence-corrected chi connectivity index (χ1v) is 6.41. The summed E-state index contributed by atoms with van der Waals surface area (Å²) < 4.78 is 1.90. The molecule has 3 aromatic rings. The van der Waals surface area contributed by atoms with E-state index in [9.17, 15) is 4.79 Å². The van der Waals surface area contributed by atoms with E-state index in [1.807, 2.05) is 29.7 Å². The first-order chi connectivity index (χ1) is 9.56. The molecule has 1 aromatic heterocycles. The lowest BCUT2D eigenvalue weighted by Crippen LogP contribution is -1.97. The Labute approximate surface area is 120 Å². The van der Waals surface area contributed by atoms with Gasteiger partial charge < -0.3 is 5.11 Å². The fourth-order valence-corrected chi connectivity index (χ4v) is 2.35. The van der Waals surface area contributed by atoms with Gasteiger partial charge in [-0.25, -0.2) is 9.78 Å². The summed E-state index contributed by atoms with van der Waals surface area (Å²) in [5.74, 6) is -0.958. The Morgan fingerprint density at radius 1 is 1.25 bits per heavy atom. The summed E-state index contributed by atoms with van der Waals surface area (Å²) >= 11 is 6.04. The number of carboxylic acid groups (broad SMARTS) is 1. The van der Waals surface area contributed by atoms with Crippen LogP contribution in [0.5, 0.6) is 0 Å². The van der Waals surface area contributed by atoms with E-state index in [0.717, 1.165) is 16.8 Å². The Kier molecular flexibility index (Phi) is 2.95. The average Bonchev–Trinajstić information content (AvgIpc) is 2.84. The molecular formula is C15H11ClN2O2. The highest BCUT2D eigenvalue weighted by molar-refractivity contribution is 6.30. The maximum atomic E-state index is 11.0. The molecule has 1 N–H and O–H groups in total. The highest BCUT2D eigenvalue weighted by Crippen LogP contribution is 2.24. The van der Waals surface area contributed by atoms with E-state index in [1.165, 1.54) is 0 Å². The molecule has 0 aliphatic heterocycles. The van der Waals surface area contributed by atoms with E-state index in [4.69, 9.17) is 16.7 Å². The summed E-state index contributed by atoms with van der Waals surface area (Å²) in [6.07, 6.45) is 1.68. The number of carboxylic acids is 1. The van der Waals surface area contributed by atoms with Gasteiger partial charge in [-0.3, -0.25) is 4.57 Å². The number of hydrogen-bond acceptors (Lipinski definition) is 2. The summed E-state index contributed by atoms with van der Waals surface area (Å²) in [7, 11) is 0. The largest absolute Gasteiger partial charge is 0.478 e. The molecule has 0 aliphatic rings. The number of hydrogen-bond donors (Lipinski definition) is 1. The lowest BCUT2D eigenvalue weighted by atomic mass is 10.1. The van der Waals surface area contributed by atoms with Gasteiger partial charge in [-0.15, -0.1) is 0 Å². The van der Waals surface area contributed by atoms with Gasteiger partial charge in [0.15, 0.2) is 0 Å². The van der Waals surface area contributed by atoms with Crippen molar-refractivity contribution in [1.29, 1.82) is 0 Å². The lowest BCUT2D eigenvalue weighted by molar-refractivity contribution is 0.0697. The van der Waals surface area contributed by atoms with Crippen molar-refractivity contribution < 1.29 is 9.90 Å². The lowest BCUT2D eigenvalue weighted by Gasteiger charge is -2.08. The summed E-state index contributed by atoms with van der Waals surface area (Å²) in [5.41, 5.74) is 3.72. The van der Waals surface area contributed by atoms with E-state index < -0.39 is 5.97 Å². The van der Waals surface area contributed by atoms with Crippen molar-refractivity contribution in [2.45, 2.75) is 6.92 Å². The van der Waals surface area contributed by atoms with Crippen LogP contribution in [0.2, 0.25) is 5.02 Å². The number of aromatic nitrogens is 2. The maximum Gasteiger partial charge on any atom is 0.335 e. The van der Waals surface area contributed by atoms with E-state index in [0.29, 0.717) is 10.5 Å². The Bertz CT molecular complexity index is 824. The van der Waals surface area contributed by atoms with Crippen LogP contribution in [0.3, 0.4) is 0 Å². The molecule has 0 saturated carbocycles. The maximum absolute atomic E-state index is 11.0. The van der Waals surface area contributed by atoms with Crippen LogP contribution in [0.1, 0.15) is 15.9 Å². The smallest absolute Gasteiger partial charge is 0.335 e. The minimum absolute atomic E-state index is 0.227. The molecule has 0 unspecified atom stereocenters. The minimum Gasteiger partial charge on any atom is -0.478 e. The van der Waals surface area contributed by atoms with Crippen LogP contribution in [0.4, 0.5) is 0 Å². The van der Waals surface area contributed by atoms with E-state index >= 15 is 0 Å². The highest BCUT2D eigenvalue weighted by Gasteiger charge is 2.10. The predicted molar refractivity (Wildman–Crippen MR) is 77.8 cm³/mol. The molecule has 0 atom stereocenters. The molecule has 5 heteroatoms. The fraction of sp³-hybridized carbons (Fsp3) is 0.0667. The summed E-state index contributed by atoms with van der Waals surface area (Å²) in [6, 6.07) is 10.5. The van der Waals surface area contributed by atoms with Crippen molar-refractivity contribution in [2.24, 2.45) is 0 Å². The fourth-order valence-electron chi connectivity index (χ4n) is 2.18. The second-order valence-corrected chi connectivity index (χ2v) is 4.99. The van der Waals surface area contributed by atoms with Gasteiger partial charge in [-0.2, -0.15) is 0 Å². The molecular weight excluding hydrogens is 276 g/mol. The van der Waals surface area contributed by atoms with Gasteiger partial charge in [-0.05, 0) is 42.8 Å². The van der Waals surface area contributed by atoms with Crippen LogP contribution in [-0.2, 0) is 0 Å². The molecule has 2 aromatic carbocycles. The van der Waals surface area contributed by atoms with E-state index in [1.54, 1.807) is 24.5 Å². The number of benzene rings is 2. The summed E-state index contributed by atoms with van der Waals surface area (Å²) in [6.45, 7) is 1.99. The monoisotopic (exact) mass is 286 g/mol. The Morgan fingerprint density at radius 3 is 2.80 bits per heavy atom. The summed E-state index contributed by atoms with van der Waals surface area (Å²) in [5, 5.41) is 9.64. The molecule has 0 saturated heterocycles. The zero-order chi connectivity index (χ0) is 14.3. The number of carbonyl (C=O) groups is 1. The number of halogens is 1. The number of fused-ring (bicyclic) bond motifs is 1. The topological polar surface area (TPSA) is 55.1 Å². The van der Waals surface area contributed by atoms with E-state index in [-0.39, 0.29) is 5.56 Å². The molecule has 0 spiro atoms. The molecule has 0 radical (unpaired) electrons. The molecule has 0 amide bonds. The number of imidazole rings is 1. The van der Waals surface area contributed by atoms with Crippen LogP contribution in [0.25, 0.3) is 16.7 Å². The van der Waals surface area contributed by atoms with Gasteiger partial charge in [-0.1, -0.05) is 17.7 Å². The molecule has 0 aliphatic carbocycles. The third-order valence-corrected chi connectivity index (χ3v) is 3.46. The van der Waals surface area contributed by atoms with Crippen molar-refractivity contribution in [3.63, 3.8) is 0 Å². The third-order valence-electron chi connectivity index (χ3n) is 3.22. The second-order valence-electron chi connectivity index (χ2n) is 4.55. The first-order valence-electron chi connectivity index (χ1n) is 6.03. The quantitative estimate of drug-likeness (QED) is 0.782. The van der Waals surface area contributed by atoms with Crippen LogP contribution in [0.15, 0.2) is 42.7 Å². The highest BCUT2D eigenvalue weighted by atomic mass is 35.5.